The Kier molecular flexibility index (Phi) is 5.60. The van der Waals surface area contributed by atoms with Gasteiger partial charge in [-0.25, -0.2) is 4.98 Å². The van der Waals surface area contributed by atoms with Crippen molar-refractivity contribution in [2.45, 2.75) is 53.4 Å². The van der Waals surface area contributed by atoms with Crippen LogP contribution >= 0.6 is 0 Å². The van der Waals surface area contributed by atoms with Crippen LogP contribution in [0.1, 0.15) is 57.9 Å². The van der Waals surface area contributed by atoms with Gasteiger partial charge in [-0.1, -0.05) is 100 Å². The van der Waals surface area contributed by atoms with Crippen molar-refractivity contribution in [3.8, 4) is 33.6 Å². The molecular weight excluding hydrogens is 448 g/mol. The summed E-state index contributed by atoms with van der Waals surface area (Å²) in [6, 6.07) is 24.8. The van der Waals surface area contributed by atoms with E-state index in [2.05, 4.69) is 125 Å². The highest BCUT2D eigenvalue weighted by atomic mass is 15.1. The molecule has 0 bridgehead atoms. The van der Waals surface area contributed by atoms with E-state index in [1.807, 2.05) is 6.20 Å². The molecule has 0 saturated carbocycles. The summed E-state index contributed by atoms with van der Waals surface area (Å²) in [6.45, 7) is 13.7. The van der Waals surface area contributed by atoms with Crippen molar-refractivity contribution in [2.24, 2.45) is 11.8 Å². The SMILES string of the molecule is CCC1C(n2c(C)cnc2-c2ccc(-c3ccc4c(c3)C(C)(C)c3ccccc3-4)cc2)=CC(C)=CC1C. The maximum absolute atomic E-state index is 4.87. The van der Waals surface area contributed by atoms with Crippen LogP contribution in [0.15, 0.2) is 90.7 Å². The fourth-order valence-electron chi connectivity index (χ4n) is 6.66. The third-order valence-corrected chi connectivity index (χ3v) is 8.61. The van der Waals surface area contributed by atoms with Crippen molar-refractivity contribution in [3.05, 3.63) is 107 Å². The van der Waals surface area contributed by atoms with E-state index in [1.54, 1.807) is 0 Å². The zero-order chi connectivity index (χ0) is 25.9. The molecule has 2 heteroatoms. The van der Waals surface area contributed by atoms with E-state index in [4.69, 9.17) is 4.98 Å². The fourth-order valence-corrected chi connectivity index (χ4v) is 6.66. The number of aromatic nitrogens is 2. The van der Waals surface area contributed by atoms with Gasteiger partial charge in [-0.05, 0) is 71.7 Å². The summed E-state index contributed by atoms with van der Waals surface area (Å²) in [6.07, 6.45) is 7.88. The highest BCUT2D eigenvalue weighted by Gasteiger charge is 2.35. The molecule has 3 aromatic carbocycles. The molecule has 1 aromatic heterocycles. The molecule has 0 aliphatic heterocycles. The minimum atomic E-state index is 0.0113. The molecule has 2 unspecified atom stereocenters. The van der Waals surface area contributed by atoms with Gasteiger partial charge in [0.1, 0.15) is 5.82 Å². The largest absolute Gasteiger partial charge is 0.301 e. The highest BCUT2D eigenvalue weighted by molar-refractivity contribution is 5.83. The van der Waals surface area contributed by atoms with Gasteiger partial charge in [-0.2, -0.15) is 0 Å². The maximum Gasteiger partial charge on any atom is 0.144 e. The molecule has 2 atom stereocenters. The van der Waals surface area contributed by atoms with Crippen LogP contribution in [0, 0.1) is 18.8 Å². The molecule has 0 amide bonds. The van der Waals surface area contributed by atoms with E-state index in [-0.39, 0.29) is 5.41 Å². The van der Waals surface area contributed by atoms with Crippen LogP contribution in [0.25, 0.3) is 39.3 Å². The quantitative estimate of drug-likeness (QED) is 0.282. The molecule has 1 heterocycles. The predicted molar refractivity (Wildman–Crippen MR) is 156 cm³/mol. The van der Waals surface area contributed by atoms with Crippen LogP contribution in [0.3, 0.4) is 0 Å². The smallest absolute Gasteiger partial charge is 0.144 e. The van der Waals surface area contributed by atoms with Crippen LogP contribution in [-0.4, -0.2) is 9.55 Å². The van der Waals surface area contributed by atoms with Crippen LogP contribution in [-0.2, 0) is 5.41 Å². The van der Waals surface area contributed by atoms with Gasteiger partial charge in [0, 0.05) is 34.5 Å². The van der Waals surface area contributed by atoms with Gasteiger partial charge in [0.15, 0.2) is 0 Å². The van der Waals surface area contributed by atoms with Crippen molar-refractivity contribution in [1.29, 1.82) is 0 Å². The molecule has 0 radical (unpaired) electrons. The Morgan fingerprint density at radius 3 is 2.27 bits per heavy atom. The molecule has 37 heavy (non-hydrogen) atoms. The third-order valence-electron chi connectivity index (χ3n) is 8.61. The lowest BCUT2D eigenvalue weighted by atomic mass is 9.81. The summed E-state index contributed by atoms with van der Waals surface area (Å²) in [7, 11) is 0. The van der Waals surface area contributed by atoms with Crippen molar-refractivity contribution in [3.63, 3.8) is 0 Å². The number of nitrogens with zero attached hydrogens (tertiary/aromatic N) is 2. The van der Waals surface area contributed by atoms with E-state index < -0.39 is 0 Å². The Hall–Kier alpha value is -3.65. The summed E-state index contributed by atoms with van der Waals surface area (Å²) in [4.78, 5) is 4.87. The normalized spacial score (nSPS) is 19.7. The number of hydrogen-bond acceptors (Lipinski definition) is 1. The van der Waals surface area contributed by atoms with E-state index in [0.29, 0.717) is 11.8 Å². The number of hydrogen-bond donors (Lipinski definition) is 0. The lowest BCUT2D eigenvalue weighted by Gasteiger charge is -2.30. The topological polar surface area (TPSA) is 17.8 Å². The second kappa shape index (κ2) is 8.73. The first-order valence-electron chi connectivity index (χ1n) is 13.6. The third kappa shape index (κ3) is 3.73. The zero-order valence-electron chi connectivity index (χ0n) is 22.8. The van der Waals surface area contributed by atoms with E-state index >= 15 is 0 Å². The fraction of sp³-hybridized carbons (Fsp3) is 0.286. The molecule has 4 aromatic rings. The summed E-state index contributed by atoms with van der Waals surface area (Å²) in [5.74, 6) is 2.05. The Bertz CT molecular complexity index is 1560. The van der Waals surface area contributed by atoms with Crippen LogP contribution in [0.2, 0.25) is 0 Å². The van der Waals surface area contributed by atoms with Crippen molar-refractivity contribution in [1.82, 2.24) is 9.55 Å². The minimum absolute atomic E-state index is 0.0113. The molecule has 0 spiro atoms. The molecule has 6 rings (SSSR count). The Morgan fingerprint density at radius 2 is 1.51 bits per heavy atom. The van der Waals surface area contributed by atoms with Crippen LogP contribution in [0.4, 0.5) is 0 Å². The Balaban J connectivity index is 1.37. The summed E-state index contributed by atoms with van der Waals surface area (Å²) >= 11 is 0. The van der Waals surface area contributed by atoms with Gasteiger partial charge < -0.3 is 4.57 Å². The van der Waals surface area contributed by atoms with Crippen molar-refractivity contribution in [2.75, 3.05) is 0 Å². The number of aryl methyl sites for hydroxylation is 1. The zero-order valence-corrected chi connectivity index (χ0v) is 22.8. The van der Waals surface area contributed by atoms with E-state index in [0.717, 1.165) is 17.8 Å². The first-order chi connectivity index (χ1) is 17.8. The summed E-state index contributed by atoms with van der Waals surface area (Å²) in [5, 5.41) is 0. The minimum Gasteiger partial charge on any atom is -0.301 e. The Morgan fingerprint density at radius 1 is 0.838 bits per heavy atom. The average Bonchev–Trinajstić information content (AvgIpc) is 3.38. The predicted octanol–water partition coefficient (Wildman–Crippen LogP) is 9.29. The molecule has 0 N–H and O–H groups in total. The number of rotatable bonds is 4. The maximum atomic E-state index is 4.87. The van der Waals surface area contributed by atoms with Gasteiger partial charge in [0.25, 0.3) is 0 Å². The van der Waals surface area contributed by atoms with Crippen LogP contribution in [0.5, 0.6) is 0 Å². The molecule has 0 fully saturated rings. The second-order valence-corrected chi connectivity index (χ2v) is 11.4. The molecule has 2 aliphatic carbocycles. The summed E-state index contributed by atoms with van der Waals surface area (Å²) in [5.41, 5.74) is 13.1. The van der Waals surface area contributed by atoms with Crippen LogP contribution < -0.4 is 0 Å². The van der Waals surface area contributed by atoms with Crippen molar-refractivity contribution >= 4 is 5.70 Å². The molecular formula is C35H36N2. The number of imidazole rings is 1. The molecule has 0 saturated heterocycles. The first-order valence-corrected chi connectivity index (χ1v) is 13.6. The van der Waals surface area contributed by atoms with E-state index in [1.165, 1.54) is 50.3 Å². The first kappa shape index (κ1) is 23.7. The summed E-state index contributed by atoms with van der Waals surface area (Å²) < 4.78 is 2.38. The van der Waals surface area contributed by atoms with Gasteiger partial charge in [-0.3, -0.25) is 0 Å². The monoisotopic (exact) mass is 484 g/mol. The van der Waals surface area contributed by atoms with Gasteiger partial charge in [0.2, 0.25) is 0 Å². The lowest BCUT2D eigenvalue weighted by Crippen LogP contribution is -2.20. The van der Waals surface area contributed by atoms with Gasteiger partial charge in [-0.15, -0.1) is 0 Å². The molecule has 186 valence electrons. The highest BCUT2D eigenvalue weighted by Crippen LogP contribution is 2.49. The standard InChI is InChI=1S/C35H36N2/c1-7-28-23(3)18-22(2)19-33(28)37-24(4)21-36-34(37)26-14-12-25(13-15-26)27-16-17-30-29-10-8-9-11-31(29)35(5,6)32(30)20-27/h8-21,23,28H,7H2,1-6H3. The Labute approximate surface area is 221 Å². The van der Waals surface area contributed by atoms with Gasteiger partial charge >= 0.3 is 0 Å². The molecule has 2 nitrogen and oxygen atoms in total. The average molecular weight is 485 g/mol. The number of allylic oxidation sites excluding steroid dienone is 4. The number of benzene rings is 3. The molecule has 2 aliphatic rings. The lowest BCUT2D eigenvalue weighted by molar-refractivity contribution is 0.487. The number of fused-ring (bicyclic) bond motifs is 3. The van der Waals surface area contributed by atoms with Gasteiger partial charge in [0.05, 0.1) is 0 Å². The van der Waals surface area contributed by atoms with E-state index in [9.17, 15) is 0 Å². The van der Waals surface area contributed by atoms with Crippen molar-refractivity contribution < 1.29 is 0 Å². The second-order valence-electron chi connectivity index (χ2n) is 11.4.